The first-order chi connectivity index (χ1) is 9.40. The summed E-state index contributed by atoms with van der Waals surface area (Å²) in [6.07, 6.45) is 2.28. The van der Waals surface area contributed by atoms with E-state index < -0.39 is 0 Å². The molecular weight excluding hydrogens is 234 g/mol. The predicted octanol–water partition coefficient (Wildman–Crippen LogP) is 3.42. The Morgan fingerprint density at radius 1 is 0.947 bits per heavy atom. The molecule has 0 unspecified atom stereocenters. The molecule has 0 radical (unpaired) electrons. The van der Waals surface area contributed by atoms with Crippen molar-refractivity contribution in [2.24, 2.45) is 0 Å². The summed E-state index contributed by atoms with van der Waals surface area (Å²) in [5.41, 5.74) is 2.62. The van der Waals surface area contributed by atoms with Crippen molar-refractivity contribution in [3.63, 3.8) is 0 Å². The maximum absolute atomic E-state index is 5.33. The third-order valence-corrected chi connectivity index (χ3v) is 3.17. The summed E-state index contributed by atoms with van der Waals surface area (Å²) in [5.74, 6) is 0.957. The first kappa shape index (κ1) is 13.6. The fraction of sp³-hybridized carbons (Fsp3) is 0.294. The van der Waals surface area contributed by atoms with E-state index in [1.807, 2.05) is 18.2 Å². The first-order valence-corrected chi connectivity index (χ1v) is 6.76. The van der Waals surface area contributed by atoms with E-state index in [9.17, 15) is 0 Å². The molecule has 0 bridgehead atoms. The van der Waals surface area contributed by atoms with Gasteiger partial charge in [0, 0.05) is 12.1 Å². The van der Waals surface area contributed by atoms with Crippen molar-refractivity contribution in [1.82, 2.24) is 5.32 Å². The van der Waals surface area contributed by atoms with E-state index in [0.29, 0.717) is 0 Å². The molecule has 2 aromatic rings. The molecule has 19 heavy (non-hydrogen) atoms. The van der Waals surface area contributed by atoms with Crippen molar-refractivity contribution in [2.75, 3.05) is 13.7 Å². The number of benzene rings is 2. The average molecular weight is 255 g/mol. The van der Waals surface area contributed by atoms with Crippen molar-refractivity contribution in [2.45, 2.75) is 19.4 Å². The van der Waals surface area contributed by atoms with Crippen LogP contribution in [-0.4, -0.2) is 13.7 Å². The van der Waals surface area contributed by atoms with E-state index in [2.05, 4.69) is 41.7 Å². The Labute approximate surface area is 115 Å². The zero-order valence-corrected chi connectivity index (χ0v) is 11.4. The number of para-hydroxylation sites is 1. The number of rotatable bonds is 7. The van der Waals surface area contributed by atoms with E-state index in [4.69, 9.17) is 4.74 Å². The maximum Gasteiger partial charge on any atom is 0.123 e. The van der Waals surface area contributed by atoms with Crippen molar-refractivity contribution in [3.8, 4) is 5.75 Å². The van der Waals surface area contributed by atoms with Gasteiger partial charge in [-0.15, -0.1) is 0 Å². The van der Waals surface area contributed by atoms with Gasteiger partial charge in [-0.1, -0.05) is 48.5 Å². The molecule has 2 rings (SSSR count). The monoisotopic (exact) mass is 255 g/mol. The molecule has 0 aliphatic heterocycles. The van der Waals surface area contributed by atoms with Gasteiger partial charge in [0.05, 0.1) is 7.11 Å². The topological polar surface area (TPSA) is 21.3 Å². The summed E-state index contributed by atoms with van der Waals surface area (Å²) in [4.78, 5) is 0. The second kappa shape index (κ2) is 7.59. The molecule has 0 spiro atoms. The lowest BCUT2D eigenvalue weighted by Gasteiger charge is -2.09. The second-order valence-electron chi connectivity index (χ2n) is 4.58. The molecule has 0 aliphatic rings. The third kappa shape index (κ3) is 4.42. The number of aryl methyl sites for hydroxylation is 1. The van der Waals surface area contributed by atoms with Crippen LogP contribution in [0.5, 0.6) is 5.75 Å². The van der Waals surface area contributed by atoms with Crippen molar-refractivity contribution in [1.29, 1.82) is 0 Å². The van der Waals surface area contributed by atoms with Gasteiger partial charge in [-0.05, 0) is 31.0 Å². The molecular formula is C17H21NO. The highest BCUT2D eigenvalue weighted by Crippen LogP contribution is 2.16. The Morgan fingerprint density at radius 3 is 2.47 bits per heavy atom. The molecule has 0 aliphatic carbocycles. The lowest BCUT2D eigenvalue weighted by molar-refractivity contribution is 0.407. The molecule has 0 aromatic heterocycles. The summed E-state index contributed by atoms with van der Waals surface area (Å²) in [5, 5.41) is 3.47. The normalized spacial score (nSPS) is 10.4. The Hall–Kier alpha value is -1.80. The minimum Gasteiger partial charge on any atom is -0.496 e. The summed E-state index contributed by atoms with van der Waals surface area (Å²) in [7, 11) is 1.72. The summed E-state index contributed by atoms with van der Waals surface area (Å²) >= 11 is 0. The minimum atomic E-state index is 0.860. The molecule has 0 atom stereocenters. The number of nitrogens with one attached hydrogen (secondary N) is 1. The van der Waals surface area contributed by atoms with Gasteiger partial charge in [0.1, 0.15) is 5.75 Å². The van der Waals surface area contributed by atoms with Crippen LogP contribution in [0.25, 0.3) is 0 Å². The van der Waals surface area contributed by atoms with Gasteiger partial charge < -0.3 is 10.1 Å². The van der Waals surface area contributed by atoms with Gasteiger partial charge in [0.2, 0.25) is 0 Å². The molecule has 2 heteroatoms. The van der Waals surface area contributed by atoms with Crippen LogP contribution in [0.3, 0.4) is 0 Å². The van der Waals surface area contributed by atoms with Gasteiger partial charge in [-0.2, -0.15) is 0 Å². The highest BCUT2D eigenvalue weighted by Gasteiger charge is 2.00. The van der Waals surface area contributed by atoms with Crippen LogP contribution in [0.2, 0.25) is 0 Å². The van der Waals surface area contributed by atoms with Gasteiger partial charge >= 0.3 is 0 Å². The standard InChI is InChI=1S/C17H21NO/c1-19-17-12-6-5-11-16(17)14-18-13-7-10-15-8-3-2-4-9-15/h2-6,8-9,11-12,18H,7,10,13-14H2,1H3. The maximum atomic E-state index is 5.33. The van der Waals surface area contributed by atoms with Gasteiger partial charge in [0.15, 0.2) is 0 Å². The van der Waals surface area contributed by atoms with Crippen molar-refractivity contribution < 1.29 is 4.74 Å². The minimum absolute atomic E-state index is 0.860. The Balaban J connectivity index is 1.69. The largest absolute Gasteiger partial charge is 0.496 e. The lowest BCUT2D eigenvalue weighted by atomic mass is 10.1. The van der Waals surface area contributed by atoms with Crippen molar-refractivity contribution in [3.05, 3.63) is 65.7 Å². The SMILES string of the molecule is COc1ccccc1CNCCCc1ccccc1. The lowest BCUT2D eigenvalue weighted by Crippen LogP contribution is -2.15. The molecule has 1 N–H and O–H groups in total. The fourth-order valence-corrected chi connectivity index (χ4v) is 2.13. The fourth-order valence-electron chi connectivity index (χ4n) is 2.13. The first-order valence-electron chi connectivity index (χ1n) is 6.76. The highest BCUT2D eigenvalue weighted by molar-refractivity contribution is 5.32. The zero-order chi connectivity index (χ0) is 13.3. The molecule has 2 aromatic carbocycles. The average Bonchev–Trinajstić information content (AvgIpc) is 2.48. The number of ether oxygens (including phenoxy) is 1. The molecule has 0 saturated carbocycles. The van der Waals surface area contributed by atoms with Crippen LogP contribution in [-0.2, 0) is 13.0 Å². The summed E-state index contributed by atoms with van der Waals surface area (Å²) in [6.45, 7) is 1.88. The smallest absolute Gasteiger partial charge is 0.123 e. The van der Waals surface area contributed by atoms with Gasteiger partial charge in [-0.25, -0.2) is 0 Å². The van der Waals surface area contributed by atoms with Crippen LogP contribution in [0.1, 0.15) is 17.5 Å². The van der Waals surface area contributed by atoms with E-state index in [1.54, 1.807) is 7.11 Å². The quantitative estimate of drug-likeness (QED) is 0.765. The highest BCUT2D eigenvalue weighted by atomic mass is 16.5. The van der Waals surface area contributed by atoms with Crippen LogP contribution < -0.4 is 10.1 Å². The number of hydrogen-bond acceptors (Lipinski definition) is 2. The molecule has 0 saturated heterocycles. The van der Waals surface area contributed by atoms with E-state index in [1.165, 1.54) is 11.1 Å². The van der Waals surface area contributed by atoms with Crippen LogP contribution in [0, 0.1) is 0 Å². The van der Waals surface area contributed by atoms with Gasteiger partial charge in [0.25, 0.3) is 0 Å². The molecule has 0 amide bonds. The molecule has 2 nitrogen and oxygen atoms in total. The van der Waals surface area contributed by atoms with Gasteiger partial charge in [-0.3, -0.25) is 0 Å². The second-order valence-corrected chi connectivity index (χ2v) is 4.58. The van der Waals surface area contributed by atoms with Crippen molar-refractivity contribution >= 4 is 0 Å². The van der Waals surface area contributed by atoms with E-state index in [-0.39, 0.29) is 0 Å². The third-order valence-electron chi connectivity index (χ3n) is 3.17. The van der Waals surface area contributed by atoms with Crippen LogP contribution >= 0.6 is 0 Å². The predicted molar refractivity (Wildman–Crippen MR) is 79.5 cm³/mol. The Morgan fingerprint density at radius 2 is 1.68 bits per heavy atom. The number of hydrogen-bond donors (Lipinski definition) is 1. The van der Waals surface area contributed by atoms with Crippen LogP contribution in [0.15, 0.2) is 54.6 Å². The molecule has 0 fully saturated rings. The Bertz CT molecular complexity index is 482. The molecule has 0 heterocycles. The number of methoxy groups -OCH3 is 1. The summed E-state index contributed by atoms with van der Waals surface area (Å²) < 4.78 is 5.33. The van der Waals surface area contributed by atoms with E-state index in [0.717, 1.165) is 31.7 Å². The zero-order valence-electron chi connectivity index (χ0n) is 11.4. The van der Waals surface area contributed by atoms with Crippen LogP contribution in [0.4, 0.5) is 0 Å². The Kier molecular flexibility index (Phi) is 5.45. The molecule has 100 valence electrons. The van der Waals surface area contributed by atoms with E-state index >= 15 is 0 Å². The summed E-state index contributed by atoms with van der Waals surface area (Å²) in [6, 6.07) is 18.8.